The predicted molar refractivity (Wildman–Crippen MR) is 107 cm³/mol. The van der Waals surface area contributed by atoms with Crippen molar-refractivity contribution in [1.29, 1.82) is 5.26 Å². The van der Waals surface area contributed by atoms with Crippen LogP contribution in [0.4, 0.5) is 8.78 Å². The van der Waals surface area contributed by atoms with Crippen molar-refractivity contribution in [2.45, 2.75) is 25.3 Å². The summed E-state index contributed by atoms with van der Waals surface area (Å²) < 4.78 is 33.3. The van der Waals surface area contributed by atoms with Gasteiger partial charge in [0.25, 0.3) is 5.56 Å². The zero-order valence-corrected chi connectivity index (χ0v) is 16.5. The maximum atomic E-state index is 14.2. The molecule has 1 aliphatic rings. The van der Waals surface area contributed by atoms with Gasteiger partial charge in [0.1, 0.15) is 17.7 Å². The molecular formula is C22H18F2N4O3. The minimum absolute atomic E-state index is 0.0190. The molecule has 7 nitrogen and oxygen atoms in total. The molecule has 0 aliphatic carbocycles. The standard InChI is InChI=1S/C22H18F2N4O3/c1-11(21-17(24)4-12(7-25)8-26-21)27-19(29)6-16-20(13-9-31-10-13)15-5-14(23)2-3-18(15)28-22(16)30/h2-5,8,11,13H,6,9-10H2,1H3,(H,27,29)(H,28,30)/t11-/m1/s1. The molecule has 0 unspecified atom stereocenters. The highest BCUT2D eigenvalue weighted by Gasteiger charge is 2.28. The minimum Gasteiger partial charge on any atom is -0.380 e. The van der Waals surface area contributed by atoms with E-state index in [2.05, 4.69) is 15.3 Å². The number of hydrogen-bond acceptors (Lipinski definition) is 5. The van der Waals surface area contributed by atoms with Crippen LogP contribution in [0.2, 0.25) is 0 Å². The monoisotopic (exact) mass is 424 g/mol. The fraction of sp³-hybridized carbons (Fsp3) is 0.273. The van der Waals surface area contributed by atoms with Crippen molar-refractivity contribution in [3.8, 4) is 6.07 Å². The molecule has 2 N–H and O–H groups in total. The number of H-pyrrole nitrogens is 1. The number of rotatable bonds is 5. The van der Waals surface area contributed by atoms with E-state index in [1.165, 1.54) is 24.4 Å². The number of nitriles is 1. The number of halogens is 2. The molecule has 4 rings (SSSR count). The van der Waals surface area contributed by atoms with Gasteiger partial charge in [-0.1, -0.05) is 0 Å². The molecule has 158 valence electrons. The van der Waals surface area contributed by atoms with E-state index in [0.717, 1.165) is 6.07 Å². The first-order chi connectivity index (χ1) is 14.9. The van der Waals surface area contributed by atoms with Gasteiger partial charge in [0.2, 0.25) is 5.91 Å². The van der Waals surface area contributed by atoms with E-state index in [1.54, 1.807) is 13.0 Å². The molecule has 9 heteroatoms. The highest BCUT2D eigenvalue weighted by molar-refractivity contribution is 5.86. The molecule has 1 atom stereocenters. The Labute approximate surface area is 175 Å². The van der Waals surface area contributed by atoms with E-state index in [0.29, 0.717) is 29.7 Å². The average Bonchev–Trinajstić information content (AvgIpc) is 2.69. The summed E-state index contributed by atoms with van der Waals surface area (Å²) in [6.45, 7) is 2.30. The summed E-state index contributed by atoms with van der Waals surface area (Å²) in [5, 5.41) is 12.0. The largest absolute Gasteiger partial charge is 0.380 e. The molecule has 0 spiro atoms. The Morgan fingerprint density at radius 2 is 2.16 bits per heavy atom. The highest BCUT2D eigenvalue weighted by atomic mass is 19.1. The van der Waals surface area contributed by atoms with Crippen molar-refractivity contribution in [3.05, 3.63) is 74.8 Å². The molecule has 0 saturated carbocycles. The Bertz CT molecular complexity index is 1280. The smallest absolute Gasteiger partial charge is 0.252 e. The average molecular weight is 424 g/mol. The van der Waals surface area contributed by atoms with E-state index in [9.17, 15) is 18.4 Å². The van der Waals surface area contributed by atoms with Gasteiger partial charge >= 0.3 is 0 Å². The Hall–Kier alpha value is -3.64. The van der Waals surface area contributed by atoms with Gasteiger partial charge in [-0.2, -0.15) is 5.26 Å². The molecule has 31 heavy (non-hydrogen) atoms. The first-order valence-corrected chi connectivity index (χ1v) is 9.64. The highest BCUT2D eigenvalue weighted by Crippen LogP contribution is 2.32. The zero-order chi connectivity index (χ0) is 22.1. The Morgan fingerprint density at radius 3 is 2.81 bits per heavy atom. The normalized spacial score (nSPS) is 14.6. The van der Waals surface area contributed by atoms with Crippen molar-refractivity contribution in [2.75, 3.05) is 13.2 Å². The number of hydrogen-bond donors (Lipinski definition) is 2. The fourth-order valence-electron chi connectivity index (χ4n) is 3.72. The number of carbonyl (C=O) groups is 1. The number of aromatic nitrogens is 2. The van der Waals surface area contributed by atoms with Crippen LogP contribution < -0.4 is 10.9 Å². The number of nitrogens with zero attached hydrogens (tertiary/aromatic N) is 2. The van der Waals surface area contributed by atoms with Crippen LogP contribution >= 0.6 is 0 Å². The van der Waals surface area contributed by atoms with E-state index in [4.69, 9.17) is 10.00 Å². The van der Waals surface area contributed by atoms with Gasteiger partial charge < -0.3 is 15.0 Å². The van der Waals surface area contributed by atoms with Gasteiger partial charge in [-0.15, -0.1) is 0 Å². The summed E-state index contributed by atoms with van der Waals surface area (Å²) >= 11 is 0. The maximum absolute atomic E-state index is 14.2. The summed E-state index contributed by atoms with van der Waals surface area (Å²) in [4.78, 5) is 32.0. The predicted octanol–water partition coefficient (Wildman–Crippen LogP) is 2.61. The maximum Gasteiger partial charge on any atom is 0.252 e. The van der Waals surface area contributed by atoms with E-state index < -0.39 is 29.1 Å². The SMILES string of the molecule is C[C@@H](NC(=O)Cc1c(C2COC2)c2cc(F)ccc2[nH]c1=O)c1ncc(C#N)cc1F. The lowest BCUT2D eigenvalue weighted by atomic mass is 9.88. The lowest BCUT2D eigenvalue weighted by Gasteiger charge is -2.29. The lowest BCUT2D eigenvalue weighted by Crippen LogP contribution is -2.34. The number of pyridine rings is 2. The van der Waals surface area contributed by atoms with Crippen molar-refractivity contribution >= 4 is 16.8 Å². The second-order valence-corrected chi connectivity index (χ2v) is 7.44. The second-order valence-electron chi connectivity index (χ2n) is 7.44. The molecule has 1 aliphatic heterocycles. The van der Waals surface area contributed by atoms with Crippen LogP contribution in [0.15, 0.2) is 35.3 Å². The molecule has 2 aromatic heterocycles. The van der Waals surface area contributed by atoms with E-state index in [-0.39, 0.29) is 29.2 Å². The van der Waals surface area contributed by atoms with Gasteiger partial charge in [0, 0.05) is 28.6 Å². The molecule has 1 saturated heterocycles. The minimum atomic E-state index is -0.785. The Balaban J connectivity index is 1.63. The summed E-state index contributed by atoms with van der Waals surface area (Å²) in [7, 11) is 0. The van der Waals surface area contributed by atoms with Crippen LogP contribution in [-0.2, 0) is 16.0 Å². The number of carbonyl (C=O) groups excluding carboxylic acids is 1. The third-order valence-corrected chi connectivity index (χ3v) is 5.29. The molecule has 3 aromatic rings. The molecule has 1 amide bonds. The summed E-state index contributed by atoms with van der Waals surface area (Å²) in [5.74, 6) is -1.80. The molecular weight excluding hydrogens is 406 g/mol. The number of ether oxygens (including phenoxy) is 1. The number of benzene rings is 1. The van der Waals surface area contributed by atoms with E-state index in [1.807, 2.05) is 0 Å². The van der Waals surface area contributed by atoms with Gasteiger partial charge in [0.05, 0.1) is 36.9 Å². The number of aromatic amines is 1. The summed E-state index contributed by atoms with van der Waals surface area (Å²) in [6.07, 6.45) is 0.953. The van der Waals surface area contributed by atoms with Crippen LogP contribution in [0.5, 0.6) is 0 Å². The summed E-state index contributed by atoms with van der Waals surface area (Å²) in [5.41, 5.74) is 0.914. The quantitative estimate of drug-likeness (QED) is 0.655. The van der Waals surface area contributed by atoms with Crippen LogP contribution in [-0.4, -0.2) is 29.1 Å². The molecule has 1 fully saturated rings. The van der Waals surface area contributed by atoms with Crippen LogP contribution in [0.1, 0.15) is 41.3 Å². The number of amides is 1. The van der Waals surface area contributed by atoms with Crippen molar-refractivity contribution in [1.82, 2.24) is 15.3 Å². The topological polar surface area (TPSA) is 108 Å². The molecule has 1 aromatic carbocycles. The first kappa shape index (κ1) is 20.6. The van der Waals surface area contributed by atoms with Crippen LogP contribution in [0.3, 0.4) is 0 Å². The van der Waals surface area contributed by atoms with Gasteiger partial charge in [-0.3, -0.25) is 14.6 Å². The number of fused-ring (bicyclic) bond motifs is 1. The van der Waals surface area contributed by atoms with Gasteiger partial charge in [-0.05, 0) is 36.8 Å². The molecule has 0 radical (unpaired) electrons. The van der Waals surface area contributed by atoms with Crippen LogP contribution in [0.25, 0.3) is 10.9 Å². The third kappa shape index (κ3) is 4.02. The lowest BCUT2D eigenvalue weighted by molar-refractivity contribution is -0.121. The van der Waals surface area contributed by atoms with Gasteiger partial charge in [-0.25, -0.2) is 8.78 Å². The zero-order valence-electron chi connectivity index (χ0n) is 16.5. The van der Waals surface area contributed by atoms with Gasteiger partial charge in [0.15, 0.2) is 0 Å². The Morgan fingerprint density at radius 1 is 1.39 bits per heavy atom. The second kappa shape index (κ2) is 8.24. The number of nitrogens with one attached hydrogen (secondary N) is 2. The summed E-state index contributed by atoms with van der Waals surface area (Å²) in [6, 6.07) is 6.13. The Kier molecular flexibility index (Phi) is 5.48. The van der Waals surface area contributed by atoms with Crippen LogP contribution in [0, 0.1) is 23.0 Å². The van der Waals surface area contributed by atoms with E-state index >= 15 is 0 Å². The van der Waals surface area contributed by atoms with Crippen molar-refractivity contribution < 1.29 is 18.3 Å². The third-order valence-electron chi connectivity index (χ3n) is 5.29. The molecule has 3 heterocycles. The molecule has 0 bridgehead atoms. The van der Waals surface area contributed by atoms with Crippen molar-refractivity contribution in [2.24, 2.45) is 0 Å². The first-order valence-electron chi connectivity index (χ1n) is 9.64. The fourth-order valence-corrected chi connectivity index (χ4v) is 3.72. The van der Waals surface area contributed by atoms with Crippen molar-refractivity contribution in [3.63, 3.8) is 0 Å².